The Morgan fingerprint density at radius 3 is 1.19 bits per heavy atom. The van der Waals surface area contributed by atoms with E-state index in [1.165, 1.54) is 99.2 Å². The summed E-state index contributed by atoms with van der Waals surface area (Å²) in [7, 11) is 0. The maximum atomic E-state index is 2.48. The second-order valence-corrected chi connectivity index (χ2v) is 16.1. The van der Waals surface area contributed by atoms with Crippen LogP contribution in [0.5, 0.6) is 0 Å². The third-order valence-corrected chi connectivity index (χ3v) is 12.5. The van der Waals surface area contributed by atoms with Gasteiger partial charge in [-0.3, -0.25) is 0 Å². The van der Waals surface area contributed by atoms with E-state index in [0.29, 0.717) is 0 Å². The molecule has 10 aromatic carbocycles. The zero-order valence-electron chi connectivity index (χ0n) is 34.0. The monoisotopic (exact) mass is 788 g/mol. The number of hydrogen-bond acceptors (Lipinski definition) is 0. The second kappa shape index (κ2) is 14.8. The van der Waals surface area contributed by atoms with Gasteiger partial charge in [0.2, 0.25) is 0 Å². The molecule has 0 atom stereocenters. The minimum atomic E-state index is 1.14. The van der Waals surface area contributed by atoms with Crippen LogP contribution in [-0.2, 0) is 0 Å². The molecule has 12 rings (SSSR count). The van der Waals surface area contributed by atoms with Crippen LogP contribution in [-0.4, -0.2) is 9.13 Å². The van der Waals surface area contributed by atoms with Gasteiger partial charge in [-0.15, -0.1) is 0 Å². The minimum Gasteiger partial charge on any atom is -0.309 e. The number of para-hydroxylation sites is 3. The van der Waals surface area contributed by atoms with E-state index in [1.54, 1.807) is 0 Å². The lowest BCUT2D eigenvalue weighted by Gasteiger charge is -2.13. The summed E-state index contributed by atoms with van der Waals surface area (Å²) in [6.07, 6.45) is 0. The van der Waals surface area contributed by atoms with E-state index in [0.717, 1.165) is 11.4 Å². The summed E-state index contributed by atoms with van der Waals surface area (Å²) in [6.45, 7) is 0. The molecule has 12 aromatic rings. The minimum absolute atomic E-state index is 1.14. The van der Waals surface area contributed by atoms with Crippen LogP contribution in [0.3, 0.4) is 0 Å². The number of benzene rings is 10. The fourth-order valence-electron chi connectivity index (χ4n) is 9.58. The van der Waals surface area contributed by atoms with Gasteiger partial charge in [-0.2, -0.15) is 0 Å². The Hall–Kier alpha value is -8.20. The maximum Gasteiger partial charge on any atom is 0.0641 e. The van der Waals surface area contributed by atoms with Crippen LogP contribution < -0.4 is 0 Å². The van der Waals surface area contributed by atoms with Gasteiger partial charge in [0.25, 0.3) is 0 Å². The van der Waals surface area contributed by atoms with Crippen molar-refractivity contribution in [2.24, 2.45) is 0 Å². The summed E-state index contributed by atoms with van der Waals surface area (Å²) in [5.41, 5.74) is 19.2. The van der Waals surface area contributed by atoms with Gasteiger partial charge in [-0.05, 0) is 116 Å². The van der Waals surface area contributed by atoms with Crippen molar-refractivity contribution in [1.82, 2.24) is 9.13 Å². The number of rotatable bonds is 7. The average molecular weight is 789 g/mol. The zero-order valence-corrected chi connectivity index (χ0v) is 34.0. The van der Waals surface area contributed by atoms with Crippen molar-refractivity contribution >= 4 is 43.6 Å². The van der Waals surface area contributed by atoms with Gasteiger partial charge in [0, 0.05) is 32.9 Å². The summed E-state index contributed by atoms with van der Waals surface area (Å²) < 4.78 is 4.89. The van der Waals surface area contributed by atoms with Crippen LogP contribution in [0.4, 0.5) is 0 Å². The first-order valence-electron chi connectivity index (χ1n) is 21.3. The third-order valence-electron chi connectivity index (χ3n) is 12.5. The average Bonchev–Trinajstić information content (AvgIpc) is 3.88. The van der Waals surface area contributed by atoms with Gasteiger partial charge >= 0.3 is 0 Å². The van der Waals surface area contributed by atoms with Crippen molar-refractivity contribution in [3.05, 3.63) is 243 Å². The molecule has 2 nitrogen and oxygen atoms in total. The number of hydrogen-bond donors (Lipinski definition) is 0. The number of aromatic nitrogens is 2. The molecule has 0 aliphatic heterocycles. The van der Waals surface area contributed by atoms with Crippen LogP contribution in [0.25, 0.3) is 111 Å². The van der Waals surface area contributed by atoms with E-state index >= 15 is 0 Å². The molecule has 0 radical (unpaired) electrons. The first-order valence-corrected chi connectivity index (χ1v) is 21.3. The summed E-state index contributed by atoms with van der Waals surface area (Å²) in [5, 5.41) is 5.01. The van der Waals surface area contributed by atoms with E-state index < -0.39 is 0 Å². The largest absolute Gasteiger partial charge is 0.309 e. The van der Waals surface area contributed by atoms with E-state index in [9.17, 15) is 0 Å². The lowest BCUT2D eigenvalue weighted by molar-refractivity contribution is 1.17. The van der Waals surface area contributed by atoms with E-state index in [4.69, 9.17) is 0 Å². The van der Waals surface area contributed by atoms with E-state index in [-0.39, 0.29) is 0 Å². The van der Waals surface area contributed by atoms with Crippen LogP contribution in [0.1, 0.15) is 0 Å². The molecule has 0 spiro atoms. The highest BCUT2D eigenvalue weighted by Gasteiger charge is 2.21. The highest BCUT2D eigenvalue weighted by atomic mass is 15.0. The van der Waals surface area contributed by atoms with E-state index in [2.05, 4.69) is 252 Å². The molecule has 0 aliphatic rings. The maximum absolute atomic E-state index is 2.48. The Morgan fingerprint density at radius 2 is 0.613 bits per heavy atom. The van der Waals surface area contributed by atoms with Crippen molar-refractivity contribution in [2.45, 2.75) is 0 Å². The first-order chi connectivity index (χ1) is 30.7. The molecule has 0 fully saturated rings. The first kappa shape index (κ1) is 35.7. The second-order valence-electron chi connectivity index (χ2n) is 16.1. The molecule has 0 unspecified atom stereocenters. The van der Waals surface area contributed by atoms with Gasteiger partial charge in [0.15, 0.2) is 0 Å². The molecule has 0 saturated heterocycles. The van der Waals surface area contributed by atoms with Gasteiger partial charge in [0.1, 0.15) is 0 Å². The molecule has 0 amide bonds. The molecule has 0 N–H and O–H groups in total. The van der Waals surface area contributed by atoms with Crippen molar-refractivity contribution in [3.8, 4) is 67.0 Å². The topological polar surface area (TPSA) is 9.86 Å². The number of nitrogens with zero attached hydrogens (tertiary/aromatic N) is 2. The number of fused-ring (bicyclic) bond motifs is 7. The lowest BCUT2D eigenvalue weighted by Crippen LogP contribution is -1.96. The van der Waals surface area contributed by atoms with Crippen LogP contribution in [0.15, 0.2) is 243 Å². The Kier molecular flexibility index (Phi) is 8.53. The van der Waals surface area contributed by atoms with Crippen molar-refractivity contribution in [2.75, 3.05) is 0 Å². The normalized spacial score (nSPS) is 11.5. The van der Waals surface area contributed by atoms with Crippen LogP contribution in [0.2, 0.25) is 0 Å². The molecule has 2 heteroatoms. The fourth-order valence-corrected chi connectivity index (χ4v) is 9.58. The van der Waals surface area contributed by atoms with Crippen molar-refractivity contribution in [1.29, 1.82) is 0 Å². The molecular formula is C60H40N2. The van der Waals surface area contributed by atoms with Gasteiger partial charge in [-0.25, -0.2) is 0 Å². The Morgan fingerprint density at radius 1 is 0.210 bits per heavy atom. The SMILES string of the molecule is c1ccc(-c2cccc(-c3cccc(-c4ccc(-c5cccc(-c6cccc(-n7c8ccccc8c8ccc9c(c%10ccccc%10n9-c9ccccc9)c87)c6)c5)cc4)c3)c2)cc1. The quantitative estimate of drug-likeness (QED) is 0.152. The smallest absolute Gasteiger partial charge is 0.0641 e. The lowest BCUT2D eigenvalue weighted by atomic mass is 9.95. The van der Waals surface area contributed by atoms with Crippen molar-refractivity contribution in [3.63, 3.8) is 0 Å². The highest BCUT2D eigenvalue weighted by Crippen LogP contribution is 2.42. The van der Waals surface area contributed by atoms with Crippen LogP contribution >= 0.6 is 0 Å². The Bertz CT molecular complexity index is 3610. The third kappa shape index (κ3) is 6.04. The molecule has 0 aliphatic carbocycles. The predicted octanol–water partition coefficient (Wildman–Crippen LogP) is 16.2. The molecule has 62 heavy (non-hydrogen) atoms. The van der Waals surface area contributed by atoms with Gasteiger partial charge < -0.3 is 9.13 Å². The zero-order chi connectivity index (χ0) is 41.0. The Labute approximate surface area is 360 Å². The fraction of sp³-hybridized carbons (Fsp3) is 0. The van der Waals surface area contributed by atoms with Gasteiger partial charge in [-0.1, -0.05) is 182 Å². The molecular weight excluding hydrogens is 749 g/mol. The van der Waals surface area contributed by atoms with Crippen LogP contribution in [0, 0.1) is 0 Å². The molecule has 0 saturated carbocycles. The predicted molar refractivity (Wildman–Crippen MR) is 262 cm³/mol. The van der Waals surface area contributed by atoms with Crippen molar-refractivity contribution < 1.29 is 0 Å². The Balaban J connectivity index is 0.912. The molecule has 0 bridgehead atoms. The molecule has 2 aromatic heterocycles. The summed E-state index contributed by atoms with van der Waals surface area (Å²) in [4.78, 5) is 0. The summed E-state index contributed by atoms with van der Waals surface area (Å²) >= 11 is 0. The molecule has 2 heterocycles. The van der Waals surface area contributed by atoms with E-state index in [1.807, 2.05) is 0 Å². The van der Waals surface area contributed by atoms with Gasteiger partial charge in [0.05, 0.1) is 22.1 Å². The standard InChI is InChI=1S/C60H40N2/c1-3-15-41(16-4-1)44-17-11-20-47(37-44)48-21-12-18-45(38-48)42-31-33-43(34-32-42)46-19-13-22-49(39-46)50-23-14-26-52(40-50)62-56-29-9-7-27-53(56)54-35-36-58-59(60(54)62)55-28-8-10-30-57(55)61(58)51-24-5-2-6-25-51/h1-40H. The highest BCUT2D eigenvalue weighted by molar-refractivity contribution is 6.26. The molecule has 290 valence electrons. The summed E-state index contributed by atoms with van der Waals surface area (Å²) in [6, 6.07) is 88.3. The summed E-state index contributed by atoms with van der Waals surface area (Å²) in [5.74, 6) is 0.